The van der Waals surface area contributed by atoms with Crippen LogP contribution in [-0.2, 0) is 0 Å². The van der Waals surface area contributed by atoms with Gasteiger partial charge in [0.05, 0.1) is 12.1 Å². The highest BCUT2D eigenvalue weighted by Crippen LogP contribution is 2.41. The number of nitrogens with one attached hydrogen (secondary N) is 2. The lowest BCUT2D eigenvalue weighted by Gasteiger charge is -2.16. The van der Waals surface area contributed by atoms with E-state index in [2.05, 4.69) is 15.6 Å². The number of rotatable bonds is 6. The first-order valence-electron chi connectivity index (χ1n) is 6.28. The lowest BCUT2D eigenvalue weighted by molar-refractivity contribution is 0.183. The molecule has 100 valence electrons. The fourth-order valence-corrected chi connectivity index (χ4v) is 2.57. The zero-order chi connectivity index (χ0) is 13.0. The quantitative estimate of drug-likeness (QED) is 0.735. The van der Waals surface area contributed by atoms with Crippen LogP contribution in [0.4, 0.5) is 4.79 Å². The molecule has 0 aliphatic heterocycles. The van der Waals surface area contributed by atoms with E-state index in [1.807, 2.05) is 5.38 Å². The molecule has 6 heteroatoms. The molecule has 2 amide bonds. The summed E-state index contributed by atoms with van der Waals surface area (Å²) in [7, 11) is 0. The van der Waals surface area contributed by atoms with Crippen LogP contribution in [-0.4, -0.2) is 28.8 Å². The number of aliphatic hydroxyl groups excluding tert-OH is 1. The Labute approximate surface area is 111 Å². The van der Waals surface area contributed by atoms with E-state index in [4.69, 9.17) is 5.11 Å². The van der Waals surface area contributed by atoms with Crippen molar-refractivity contribution >= 4 is 17.4 Å². The first kappa shape index (κ1) is 13.3. The molecule has 1 aromatic heterocycles. The number of carbonyl (C=O) groups is 1. The minimum absolute atomic E-state index is 0.0385. The number of thiazole rings is 1. The molecule has 0 aromatic carbocycles. The van der Waals surface area contributed by atoms with Gasteiger partial charge in [0.25, 0.3) is 0 Å². The molecule has 0 radical (unpaired) electrons. The van der Waals surface area contributed by atoms with Crippen molar-refractivity contribution in [1.82, 2.24) is 15.6 Å². The Morgan fingerprint density at radius 3 is 3.00 bits per heavy atom. The molecule has 0 spiro atoms. The van der Waals surface area contributed by atoms with Crippen LogP contribution in [0, 0.1) is 5.92 Å². The standard InChI is InChI=1S/C12H19N3O2S/c1-8(16)4-5-14-12(17)15-10(9-2-3-9)11-13-6-7-18-11/h6-10,16H,2-5H2,1H3,(H2,14,15,17). The SMILES string of the molecule is CC(O)CCNC(=O)NC(c1nccs1)C1CC1. The van der Waals surface area contributed by atoms with Crippen molar-refractivity contribution in [1.29, 1.82) is 0 Å². The summed E-state index contributed by atoms with van der Waals surface area (Å²) in [6.07, 6.45) is 4.25. The average molecular weight is 269 g/mol. The summed E-state index contributed by atoms with van der Waals surface area (Å²) >= 11 is 1.58. The number of nitrogens with zero attached hydrogens (tertiary/aromatic N) is 1. The molecule has 1 aromatic rings. The third-order valence-corrected chi connectivity index (χ3v) is 3.80. The topological polar surface area (TPSA) is 74.2 Å². The first-order chi connectivity index (χ1) is 8.66. The maximum Gasteiger partial charge on any atom is 0.315 e. The zero-order valence-corrected chi connectivity index (χ0v) is 11.2. The van der Waals surface area contributed by atoms with E-state index < -0.39 is 0 Å². The van der Waals surface area contributed by atoms with E-state index in [-0.39, 0.29) is 18.2 Å². The number of aliphatic hydroxyl groups is 1. The maximum absolute atomic E-state index is 11.7. The Hall–Kier alpha value is -1.14. The molecule has 0 saturated heterocycles. The summed E-state index contributed by atoms with van der Waals surface area (Å²) in [5.74, 6) is 0.527. The molecule has 2 atom stereocenters. The van der Waals surface area contributed by atoms with Gasteiger partial charge in [-0.25, -0.2) is 9.78 Å². The normalized spacial score (nSPS) is 18.1. The highest BCUT2D eigenvalue weighted by molar-refractivity contribution is 7.09. The van der Waals surface area contributed by atoms with Gasteiger partial charge in [-0.2, -0.15) is 0 Å². The molecule has 2 unspecified atom stereocenters. The number of hydrogen-bond acceptors (Lipinski definition) is 4. The molecule has 1 saturated carbocycles. The van der Waals surface area contributed by atoms with E-state index >= 15 is 0 Å². The van der Waals surface area contributed by atoms with Crippen molar-refractivity contribution < 1.29 is 9.90 Å². The van der Waals surface area contributed by atoms with Crippen molar-refractivity contribution in [3.63, 3.8) is 0 Å². The summed E-state index contributed by atoms with van der Waals surface area (Å²) in [6, 6.07) is -0.140. The second-order valence-electron chi connectivity index (χ2n) is 4.72. The smallest absolute Gasteiger partial charge is 0.315 e. The predicted octanol–water partition coefficient (Wildman–Crippen LogP) is 1.66. The monoisotopic (exact) mass is 269 g/mol. The highest BCUT2D eigenvalue weighted by Gasteiger charge is 2.34. The lowest BCUT2D eigenvalue weighted by Crippen LogP contribution is -2.39. The van der Waals surface area contributed by atoms with Gasteiger partial charge in [0, 0.05) is 18.1 Å². The molecule has 5 nitrogen and oxygen atoms in total. The molecule has 18 heavy (non-hydrogen) atoms. The van der Waals surface area contributed by atoms with Crippen LogP contribution < -0.4 is 10.6 Å². The number of aromatic nitrogens is 1. The van der Waals surface area contributed by atoms with Crippen molar-refractivity contribution in [2.45, 2.75) is 38.3 Å². The summed E-state index contributed by atoms with van der Waals surface area (Å²) in [5, 5.41) is 17.7. The molecule has 0 bridgehead atoms. The molecular formula is C12H19N3O2S. The Balaban J connectivity index is 1.80. The van der Waals surface area contributed by atoms with Gasteiger partial charge in [0.15, 0.2) is 0 Å². The van der Waals surface area contributed by atoms with E-state index in [0.717, 1.165) is 17.8 Å². The second kappa shape index (κ2) is 6.15. The van der Waals surface area contributed by atoms with Gasteiger partial charge in [-0.05, 0) is 32.1 Å². The largest absolute Gasteiger partial charge is 0.393 e. The Kier molecular flexibility index (Phi) is 4.54. The van der Waals surface area contributed by atoms with Gasteiger partial charge >= 0.3 is 6.03 Å². The number of carbonyl (C=O) groups excluding carboxylic acids is 1. The van der Waals surface area contributed by atoms with E-state index in [1.165, 1.54) is 0 Å². The lowest BCUT2D eigenvalue weighted by atomic mass is 10.2. The van der Waals surface area contributed by atoms with Crippen LogP contribution in [0.2, 0.25) is 0 Å². The van der Waals surface area contributed by atoms with Crippen LogP contribution in [0.25, 0.3) is 0 Å². The van der Waals surface area contributed by atoms with E-state index in [9.17, 15) is 4.79 Å². The van der Waals surface area contributed by atoms with Gasteiger partial charge in [0.2, 0.25) is 0 Å². The number of amides is 2. The number of urea groups is 1. The van der Waals surface area contributed by atoms with Gasteiger partial charge in [-0.3, -0.25) is 0 Å². The molecule has 2 rings (SSSR count). The van der Waals surface area contributed by atoms with Gasteiger partial charge < -0.3 is 15.7 Å². The predicted molar refractivity (Wildman–Crippen MR) is 70.4 cm³/mol. The van der Waals surface area contributed by atoms with Crippen molar-refractivity contribution in [3.8, 4) is 0 Å². The molecule has 1 aliphatic carbocycles. The summed E-state index contributed by atoms with van der Waals surface area (Å²) in [5.41, 5.74) is 0. The van der Waals surface area contributed by atoms with Crippen molar-refractivity contribution in [3.05, 3.63) is 16.6 Å². The summed E-state index contributed by atoms with van der Waals surface area (Å²) < 4.78 is 0. The Morgan fingerprint density at radius 1 is 1.67 bits per heavy atom. The maximum atomic E-state index is 11.7. The number of hydrogen-bond donors (Lipinski definition) is 3. The van der Waals surface area contributed by atoms with E-state index in [0.29, 0.717) is 18.9 Å². The Morgan fingerprint density at radius 2 is 2.44 bits per heavy atom. The fourth-order valence-electron chi connectivity index (χ4n) is 1.79. The summed E-state index contributed by atoms with van der Waals surface area (Å²) in [6.45, 7) is 2.20. The van der Waals surface area contributed by atoms with E-state index in [1.54, 1.807) is 24.5 Å². The van der Waals surface area contributed by atoms with Crippen LogP contribution in [0.15, 0.2) is 11.6 Å². The third-order valence-electron chi connectivity index (χ3n) is 2.95. The van der Waals surface area contributed by atoms with Crippen LogP contribution in [0.1, 0.15) is 37.2 Å². The average Bonchev–Trinajstić information content (AvgIpc) is 3.00. The van der Waals surface area contributed by atoms with Crippen LogP contribution in [0.5, 0.6) is 0 Å². The van der Waals surface area contributed by atoms with Crippen molar-refractivity contribution in [2.24, 2.45) is 5.92 Å². The molecule has 1 fully saturated rings. The van der Waals surface area contributed by atoms with Crippen molar-refractivity contribution in [2.75, 3.05) is 6.54 Å². The van der Waals surface area contributed by atoms with Gasteiger partial charge in [0.1, 0.15) is 5.01 Å². The fraction of sp³-hybridized carbons (Fsp3) is 0.667. The zero-order valence-electron chi connectivity index (χ0n) is 10.4. The Bertz CT molecular complexity index is 377. The minimum Gasteiger partial charge on any atom is -0.393 e. The first-order valence-corrected chi connectivity index (χ1v) is 7.16. The second-order valence-corrected chi connectivity index (χ2v) is 5.65. The summed E-state index contributed by atoms with van der Waals surface area (Å²) in [4.78, 5) is 16.0. The molecule has 3 N–H and O–H groups in total. The molecule has 1 aliphatic rings. The van der Waals surface area contributed by atoms with Crippen LogP contribution in [0.3, 0.4) is 0 Å². The third kappa shape index (κ3) is 3.96. The minimum atomic E-state index is -0.386. The molecule has 1 heterocycles. The van der Waals surface area contributed by atoms with Crippen LogP contribution >= 0.6 is 11.3 Å². The highest BCUT2D eigenvalue weighted by atomic mass is 32.1. The molecular weight excluding hydrogens is 250 g/mol. The van der Waals surface area contributed by atoms with Gasteiger partial charge in [-0.1, -0.05) is 0 Å². The van der Waals surface area contributed by atoms with Gasteiger partial charge in [-0.15, -0.1) is 11.3 Å².